The molecular formula is C44H76O10. The summed E-state index contributed by atoms with van der Waals surface area (Å²) in [6.45, 7) is 7.89. The van der Waals surface area contributed by atoms with E-state index in [9.17, 15) is 39.6 Å². The molecule has 2 saturated carbocycles. The molecule has 2 aliphatic rings. The van der Waals surface area contributed by atoms with Gasteiger partial charge in [-0.1, -0.05) is 102 Å². The minimum Gasteiger partial charge on any atom is -0.469 e. The molecule has 0 aliphatic heterocycles. The standard InChI is InChI=1S/2C22H38O5/c2*1-4-5-14-22(2,26)15-10-12-18-17(19(23)16-20(18)24)11-8-6-7-9-13-21(25)27-3/h2*10,12,17-18,20,24,26H,4-9,11,13-16H2,1-3H3/b2*12-10+/t17?,18-,20?,22+;17?,18-,20?,22-/m11/s1. The third kappa shape index (κ3) is 20.5. The van der Waals surface area contributed by atoms with Crippen molar-refractivity contribution in [3.8, 4) is 0 Å². The Morgan fingerprint density at radius 3 is 1.31 bits per heavy atom. The highest BCUT2D eigenvalue weighted by molar-refractivity contribution is 5.85. The van der Waals surface area contributed by atoms with Crippen LogP contribution in [0.5, 0.6) is 0 Å². The third-order valence-electron chi connectivity index (χ3n) is 11.2. The van der Waals surface area contributed by atoms with E-state index >= 15 is 0 Å². The molecule has 0 aromatic rings. The summed E-state index contributed by atoms with van der Waals surface area (Å²) >= 11 is 0. The number of esters is 2. The SMILES string of the molecule is CCCC[C@@](C)(O)C/C=C/[C@H]1C(O)CC(=O)C1CCCCCCC(=O)OC.CCCC[C@](C)(O)C/C=C/[C@H]1C(O)CC(=O)C1CCCCCCC(=O)OC. The molecule has 0 spiro atoms. The largest absolute Gasteiger partial charge is 0.469 e. The smallest absolute Gasteiger partial charge is 0.305 e. The van der Waals surface area contributed by atoms with Gasteiger partial charge in [-0.3, -0.25) is 19.2 Å². The van der Waals surface area contributed by atoms with E-state index in [0.717, 1.165) is 103 Å². The van der Waals surface area contributed by atoms with Crippen molar-refractivity contribution in [2.24, 2.45) is 23.7 Å². The number of aliphatic hydroxyl groups is 4. The molecule has 54 heavy (non-hydrogen) atoms. The first kappa shape index (κ1) is 49.6. The molecule has 4 N–H and O–H groups in total. The fourth-order valence-corrected chi connectivity index (χ4v) is 7.64. The second-order valence-corrected chi connectivity index (χ2v) is 16.4. The Kier molecular flexibility index (Phi) is 25.0. The fourth-order valence-electron chi connectivity index (χ4n) is 7.64. The molecule has 4 unspecified atom stereocenters. The van der Waals surface area contributed by atoms with Crippen LogP contribution in [0.2, 0.25) is 0 Å². The van der Waals surface area contributed by atoms with Crippen molar-refractivity contribution in [2.45, 2.75) is 192 Å². The molecule has 0 bridgehead atoms. The van der Waals surface area contributed by atoms with Crippen LogP contribution >= 0.6 is 0 Å². The number of aliphatic hydroxyl groups excluding tert-OH is 2. The van der Waals surface area contributed by atoms with Gasteiger partial charge in [0.05, 0.1) is 37.6 Å². The van der Waals surface area contributed by atoms with Gasteiger partial charge in [0.1, 0.15) is 11.6 Å². The lowest BCUT2D eigenvalue weighted by Gasteiger charge is -2.22. The van der Waals surface area contributed by atoms with Gasteiger partial charge >= 0.3 is 11.9 Å². The normalized spacial score (nSPS) is 25.1. The molecule has 0 saturated heterocycles. The fraction of sp³-hybridized carbons (Fsp3) is 0.818. The topological polar surface area (TPSA) is 168 Å². The lowest BCUT2D eigenvalue weighted by atomic mass is 9.87. The third-order valence-corrected chi connectivity index (χ3v) is 11.2. The van der Waals surface area contributed by atoms with Crippen LogP contribution in [-0.4, -0.2) is 81.6 Å². The van der Waals surface area contributed by atoms with E-state index in [1.54, 1.807) is 0 Å². The van der Waals surface area contributed by atoms with Gasteiger partial charge in [0, 0.05) is 49.4 Å². The summed E-state index contributed by atoms with van der Waals surface area (Å²) in [5.74, 6) is -0.610. The molecule has 0 aromatic carbocycles. The zero-order valence-corrected chi connectivity index (χ0v) is 34.6. The number of unbranched alkanes of at least 4 members (excludes halogenated alkanes) is 8. The molecule has 10 nitrogen and oxygen atoms in total. The van der Waals surface area contributed by atoms with Crippen molar-refractivity contribution in [1.82, 2.24) is 0 Å². The van der Waals surface area contributed by atoms with Crippen LogP contribution in [0.15, 0.2) is 24.3 Å². The molecule has 2 aliphatic carbocycles. The minimum absolute atomic E-state index is 0.127. The summed E-state index contributed by atoms with van der Waals surface area (Å²) in [7, 11) is 2.80. The first-order chi connectivity index (χ1) is 25.6. The van der Waals surface area contributed by atoms with Crippen LogP contribution in [0.4, 0.5) is 0 Å². The molecule has 2 fully saturated rings. The Labute approximate surface area is 326 Å². The number of rotatable bonds is 26. The summed E-state index contributed by atoms with van der Waals surface area (Å²) in [5, 5.41) is 41.2. The van der Waals surface area contributed by atoms with E-state index < -0.39 is 23.4 Å². The second-order valence-electron chi connectivity index (χ2n) is 16.4. The van der Waals surface area contributed by atoms with Crippen molar-refractivity contribution in [1.29, 1.82) is 0 Å². The predicted molar refractivity (Wildman–Crippen MR) is 212 cm³/mol. The van der Waals surface area contributed by atoms with Crippen LogP contribution in [0, 0.1) is 23.7 Å². The first-order valence-corrected chi connectivity index (χ1v) is 20.9. The lowest BCUT2D eigenvalue weighted by Crippen LogP contribution is -2.23. The number of Topliss-reactive ketones (excluding diaryl/α,β-unsaturated/α-hetero) is 2. The number of carbonyl (C=O) groups is 4. The maximum Gasteiger partial charge on any atom is 0.305 e. The highest BCUT2D eigenvalue weighted by Crippen LogP contribution is 2.36. The monoisotopic (exact) mass is 765 g/mol. The van der Waals surface area contributed by atoms with Gasteiger partial charge < -0.3 is 29.9 Å². The zero-order chi connectivity index (χ0) is 40.6. The average Bonchev–Trinajstić information content (AvgIpc) is 3.55. The van der Waals surface area contributed by atoms with E-state index in [4.69, 9.17) is 0 Å². The Balaban J connectivity index is 0.000000540. The number of hydrogen-bond acceptors (Lipinski definition) is 10. The second kappa shape index (κ2) is 27.2. The molecule has 10 heteroatoms. The summed E-state index contributed by atoms with van der Waals surface area (Å²) in [6.07, 6.45) is 23.4. The van der Waals surface area contributed by atoms with Crippen LogP contribution in [0.1, 0.15) is 169 Å². The van der Waals surface area contributed by atoms with Gasteiger partial charge in [-0.2, -0.15) is 0 Å². The summed E-state index contributed by atoms with van der Waals surface area (Å²) in [6, 6.07) is 0. The van der Waals surface area contributed by atoms with Gasteiger partial charge in [-0.05, 0) is 65.2 Å². The summed E-state index contributed by atoms with van der Waals surface area (Å²) in [4.78, 5) is 46.6. The molecule has 0 aromatic heterocycles. The van der Waals surface area contributed by atoms with Crippen LogP contribution in [-0.2, 0) is 28.7 Å². The van der Waals surface area contributed by atoms with Crippen molar-refractivity contribution in [3.05, 3.63) is 24.3 Å². The van der Waals surface area contributed by atoms with E-state index in [1.807, 2.05) is 38.2 Å². The lowest BCUT2D eigenvalue weighted by molar-refractivity contribution is -0.141. The maximum absolute atomic E-state index is 12.2. The van der Waals surface area contributed by atoms with E-state index in [0.29, 0.717) is 25.7 Å². The number of carbonyl (C=O) groups excluding carboxylic acids is 4. The van der Waals surface area contributed by atoms with Crippen LogP contribution < -0.4 is 0 Å². The number of ketones is 2. The highest BCUT2D eigenvalue weighted by atomic mass is 16.5. The number of ether oxygens (including phenoxy) is 2. The summed E-state index contributed by atoms with van der Waals surface area (Å²) in [5.41, 5.74) is -1.45. The number of hydrogen-bond donors (Lipinski definition) is 4. The molecule has 8 atom stereocenters. The van der Waals surface area contributed by atoms with Crippen LogP contribution in [0.25, 0.3) is 0 Å². The van der Waals surface area contributed by atoms with Crippen molar-refractivity contribution < 1.29 is 49.1 Å². The summed E-state index contributed by atoms with van der Waals surface area (Å²) < 4.78 is 9.25. The molecule has 0 heterocycles. The van der Waals surface area contributed by atoms with E-state index in [1.165, 1.54) is 14.2 Å². The van der Waals surface area contributed by atoms with Gasteiger partial charge in [0.25, 0.3) is 0 Å². The van der Waals surface area contributed by atoms with Crippen LogP contribution in [0.3, 0.4) is 0 Å². The van der Waals surface area contributed by atoms with Gasteiger partial charge in [-0.15, -0.1) is 0 Å². The molecular weight excluding hydrogens is 688 g/mol. The van der Waals surface area contributed by atoms with Crippen molar-refractivity contribution >= 4 is 23.5 Å². The van der Waals surface area contributed by atoms with E-state index in [-0.39, 0.29) is 60.0 Å². The predicted octanol–water partition coefficient (Wildman–Crippen LogP) is 7.91. The van der Waals surface area contributed by atoms with Gasteiger partial charge in [-0.25, -0.2) is 0 Å². The maximum atomic E-state index is 12.2. The minimum atomic E-state index is -0.727. The van der Waals surface area contributed by atoms with Gasteiger partial charge in [0.15, 0.2) is 0 Å². The molecule has 0 radical (unpaired) electrons. The Hall–Kier alpha value is -2.40. The molecule has 312 valence electrons. The first-order valence-electron chi connectivity index (χ1n) is 20.9. The Morgan fingerprint density at radius 1 is 0.630 bits per heavy atom. The quantitative estimate of drug-likeness (QED) is 0.0386. The number of methoxy groups -OCH3 is 2. The Morgan fingerprint density at radius 2 is 0.981 bits per heavy atom. The Bertz CT molecular complexity index is 1050. The average molecular weight is 765 g/mol. The molecule has 2 rings (SSSR count). The zero-order valence-electron chi connectivity index (χ0n) is 34.6. The van der Waals surface area contributed by atoms with E-state index in [2.05, 4.69) is 23.3 Å². The van der Waals surface area contributed by atoms with Crippen molar-refractivity contribution in [2.75, 3.05) is 14.2 Å². The highest BCUT2D eigenvalue weighted by Gasteiger charge is 2.40. The van der Waals surface area contributed by atoms with Gasteiger partial charge in [0.2, 0.25) is 0 Å². The molecule has 0 amide bonds. The van der Waals surface area contributed by atoms with Crippen molar-refractivity contribution in [3.63, 3.8) is 0 Å².